The van der Waals surface area contributed by atoms with Gasteiger partial charge in [-0.25, -0.2) is 8.42 Å². The lowest BCUT2D eigenvalue weighted by Crippen LogP contribution is -2.40. The molecule has 3 atom stereocenters. The van der Waals surface area contributed by atoms with Crippen molar-refractivity contribution in [1.29, 1.82) is 0 Å². The molecule has 2 aliphatic carbocycles. The van der Waals surface area contributed by atoms with E-state index < -0.39 is 10.0 Å². The smallest absolute Gasteiger partial charge is 0.243 e. The Kier molecular flexibility index (Phi) is 5.03. The van der Waals surface area contributed by atoms with Gasteiger partial charge in [-0.3, -0.25) is 4.79 Å². The van der Waals surface area contributed by atoms with Crippen molar-refractivity contribution < 1.29 is 17.9 Å². The number of sulfonamides is 1. The average molecular weight is 378 g/mol. The summed E-state index contributed by atoms with van der Waals surface area (Å²) in [6.07, 6.45) is 4.73. The molecule has 0 spiro atoms. The van der Waals surface area contributed by atoms with Crippen LogP contribution in [0.2, 0.25) is 0 Å². The molecule has 4 rings (SSSR count). The Hall–Kier alpha value is -1.44. The number of nitrogens with one attached hydrogen (secondary N) is 1. The van der Waals surface area contributed by atoms with Crippen LogP contribution >= 0.6 is 0 Å². The third kappa shape index (κ3) is 3.52. The molecule has 1 aromatic rings. The lowest BCUT2D eigenvalue weighted by atomic mass is 9.88. The summed E-state index contributed by atoms with van der Waals surface area (Å²) >= 11 is 0. The van der Waals surface area contributed by atoms with Gasteiger partial charge in [-0.1, -0.05) is 18.6 Å². The van der Waals surface area contributed by atoms with E-state index in [1.165, 1.54) is 23.6 Å². The molecule has 1 amide bonds. The van der Waals surface area contributed by atoms with Gasteiger partial charge in [-0.15, -0.1) is 0 Å². The normalized spacial score (nSPS) is 29.0. The summed E-state index contributed by atoms with van der Waals surface area (Å²) in [7, 11) is -3.46. The van der Waals surface area contributed by atoms with Crippen molar-refractivity contribution in [3.05, 3.63) is 29.8 Å². The summed E-state index contributed by atoms with van der Waals surface area (Å²) in [6, 6.07) is 6.83. The Morgan fingerprint density at radius 1 is 1.12 bits per heavy atom. The van der Waals surface area contributed by atoms with Crippen molar-refractivity contribution in [2.75, 3.05) is 26.3 Å². The molecule has 1 aromatic carbocycles. The zero-order chi connectivity index (χ0) is 18.1. The first kappa shape index (κ1) is 17.9. The molecule has 1 N–H and O–H groups in total. The fourth-order valence-electron chi connectivity index (χ4n) is 4.60. The van der Waals surface area contributed by atoms with E-state index in [1.54, 1.807) is 24.3 Å². The molecule has 2 bridgehead atoms. The number of nitrogens with zero attached hydrogens (tertiary/aromatic N) is 1. The van der Waals surface area contributed by atoms with Gasteiger partial charge in [-0.2, -0.15) is 4.31 Å². The zero-order valence-corrected chi connectivity index (χ0v) is 15.7. The Labute approximate surface area is 155 Å². The highest BCUT2D eigenvalue weighted by Crippen LogP contribution is 2.48. The number of hydrogen-bond acceptors (Lipinski definition) is 4. The largest absolute Gasteiger partial charge is 0.379 e. The quantitative estimate of drug-likeness (QED) is 0.847. The minimum atomic E-state index is -3.46. The number of carbonyl (C=O) groups excluding carboxylic acids is 1. The lowest BCUT2D eigenvalue weighted by molar-refractivity contribution is -0.126. The van der Waals surface area contributed by atoms with Gasteiger partial charge in [0.1, 0.15) is 0 Å². The van der Waals surface area contributed by atoms with Crippen molar-refractivity contribution in [1.82, 2.24) is 9.62 Å². The van der Waals surface area contributed by atoms with E-state index in [4.69, 9.17) is 4.74 Å². The zero-order valence-electron chi connectivity index (χ0n) is 14.9. The predicted octanol–water partition coefficient (Wildman–Crippen LogP) is 1.76. The molecule has 1 aliphatic heterocycles. The van der Waals surface area contributed by atoms with E-state index >= 15 is 0 Å². The number of hydrogen-bond donors (Lipinski definition) is 1. The number of fused-ring (bicyclic) bond motifs is 2. The summed E-state index contributed by atoms with van der Waals surface area (Å²) < 4.78 is 31.9. The third-order valence-corrected chi connectivity index (χ3v) is 7.99. The third-order valence-electron chi connectivity index (χ3n) is 6.07. The van der Waals surface area contributed by atoms with Gasteiger partial charge in [-0.05, 0) is 48.8 Å². The van der Waals surface area contributed by atoms with Gasteiger partial charge in [0.05, 0.1) is 18.1 Å². The maximum Gasteiger partial charge on any atom is 0.243 e. The summed E-state index contributed by atoms with van der Waals surface area (Å²) in [5.74, 6) is 1.65. The van der Waals surface area contributed by atoms with Gasteiger partial charge in [0.25, 0.3) is 0 Å². The maximum absolute atomic E-state index is 12.6. The number of rotatable bonds is 5. The molecule has 3 aliphatic rings. The molecular weight excluding hydrogens is 352 g/mol. The molecule has 1 saturated heterocycles. The van der Waals surface area contributed by atoms with Crippen molar-refractivity contribution in [3.63, 3.8) is 0 Å². The molecule has 26 heavy (non-hydrogen) atoms. The molecule has 6 nitrogen and oxygen atoms in total. The molecule has 2 saturated carbocycles. The van der Waals surface area contributed by atoms with Gasteiger partial charge in [0, 0.05) is 25.6 Å². The number of ether oxygens (including phenoxy) is 1. The first-order valence-electron chi connectivity index (χ1n) is 9.48. The highest BCUT2D eigenvalue weighted by molar-refractivity contribution is 7.89. The van der Waals surface area contributed by atoms with Crippen LogP contribution in [-0.2, 0) is 26.1 Å². The van der Waals surface area contributed by atoms with Crippen LogP contribution in [0.15, 0.2) is 29.2 Å². The molecule has 7 heteroatoms. The Morgan fingerprint density at radius 3 is 2.46 bits per heavy atom. The highest BCUT2D eigenvalue weighted by atomic mass is 32.2. The van der Waals surface area contributed by atoms with Crippen LogP contribution in [0.4, 0.5) is 0 Å². The van der Waals surface area contributed by atoms with E-state index in [1.807, 2.05) is 0 Å². The van der Waals surface area contributed by atoms with Crippen molar-refractivity contribution >= 4 is 15.9 Å². The number of amides is 1. The number of morpholine rings is 1. The Bertz CT molecular complexity index is 756. The van der Waals surface area contributed by atoms with E-state index in [-0.39, 0.29) is 11.8 Å². The second-order valence-electron chi connectivity index (χ2n) is 7.66. The summed E-state index contributed by atoms with van der Waals surface area (Å²) in [6.45, 7) is 2.11. The fraction of sp³-hybridized carbons (Fsp3) is 0.632. The SMILES string of the molecule is O=C(NCc1ccc(S(=O)(=O)N2CCOCC2)cc1)C1CC2CCC1C2. The summed E-state index contributed by atoms with van der Waals surface area (Å²) in [5.41, 5.74) is 0.919. The van der Waals surface area contributed by atoms with E-state index in [0.29, 0.717) is 43.7 Å². The van der Waals surface area contributed by atoms with Crippen LogP contribution in [0.3, 0.4) is 0 Å². The second-order valence-corrected chi connectivity index (χ2v) is 9.60. The van der Waals surface area contributed by atoms with Crippen LogP contribution in [0, 0.1) is 17.8 Å². The van der Waals surface area contributed by atoms with Gasteiger partial charge >= 0.3 is 0 Å². The highest BCUT2D eigenvalue weighted by Gasteiger charge is 2.42. The maximum atomic E-state index is 12.6. The van der Waals surface area contributed by atoms with Crippen molar-refractivity contribution in [2.45, 2.75) is 37.1 Å². The fourth-order valence-corrected chi connectivity index (χ4v) is 6.01. The average Bonchev–Trinajstić information content (AvgIpc) is 3.31. The monoisotopic (exact) mass is 378 g/mol. The van der Waals surface area contributed by atoms with Gasteiger partial charge in [0.15, 0.2) is 0 Å². The molecule has 3 fully saturated rings. The molecular formula is C19H26N2O4S. The first-order chi connectivity index (χ1) is 12.5. The van der Waals surface area contributed by atoms with Crippen LogP contribution in [0.25, 0.3) is 0 Å². The standard InChI is InChI=1S/C19H26N2O4S/c22-19(18-12-15-1-4-16(18)11-15)20-13-14-2-5-17(6-3-14)26(23,24)21-7-9-25-10-8-21/h2-3,5-6,15-16,18H,1,4,7-13H2,(H,20,22). The summed E-state index contributed by atoms with van der Waals surface area (Å²) in [5, 5.41) is 3.03. The molecule has 3 unspecified atom stereocenters. The Balaban J connectivity index is 1.35. The molecule has 0 aromatic heterocycles. The number of benzene rings is 1. The topological polar surface area (TPSA) is 75.7 Å². The number of carbonyl (C=O) groups is 1. The second kappa shape index (κ2) is 7.29. The van der Waals surface area contributed by atoms with Gasteiger partial charge < -0.3 is 10.1 Å². The van der Waals surface area contributed by atoms with Crippen molar-refractivity contribution in [3.8, 4) is 0 Å². The lowest BCUT2D eigenvalue weighted by Gasteiger charge is -2.26. The first-order valence-corrected chi connectivity index (χ1v) is 10.9. The molecule has 1 heterocycles. The van der Waals surface area contributed by atoms with Crippen LogP contribution in [0.1, 0.15) is 31.2 Å². The minimum absolute atomic E-state index is 0.155. The minimum Gasteiger partial charge on any atom is -0.379 e. The van der Waals surface area contributed by atoms with Crippen LogP contribution in [0.5, 0.6) is 0 Å². The predicted molar refractivity (Wildman–Crippen MR) is 96.8 cm³/mol. The van der Waals surface area contributed by atoms with E-state index in [0.717, 1.165) is 17.9 Å². The van der Waals surface area contributed by atoms with Crippen LogP contribution in [-0.4, -0.2) is 44.9 Å². The van der Waals surface area contributed by atoms with E-state index in [9.17, 15) is 13.2 Å². The van der Waals surface area contributed by atoms with Gasteiger partial charge in [0.2, 0.25) is 15.9 Å². The van der Waals surface area contributed by atoms with Crippen LogP contribution < -0.4 is 5.32 Å². The molecule has 142 valence electrons. The van der Waals surface area contributed by atoms with E-state index in [2.05, 4.69) is 5.32 Å². The summed E-state index contributed by atoms with van der Waals surface area (Å²) in [4.78, 5) is 12.7. The van der Waals surface area contributed by atoms with Crippen molar-refractivity contribution in [2.24, 2.45) is 17.8 Å². The Morgan fingerprint density at radius 2 is 1.85 bits per heavy atom. The molecule has 0 radical (unpaired) electrons.